The van der Waals surface area contributed by atoms with Crippen molar-refractivity contribution in [2.75, 3.05) is 13.1 Å². The molecule has 1 N–H and O–H groups in total. The van der Waals surface area contributed by atoms with Crippen molar-refractivity contribution in [1.29, 1.82) is 0 Å². The van der Waals surface area contributed by atoms with E-state index in [1.807, 2.05) is 26.0 Å². The molecule has 2 aliphatic rings. The fraction of sp³-hybridized carbons (Fsp3) is 0.370. The summed E-state index contributed by atoms with van der Waals surface area (Å²) in [4.78, 5) is 45.8. The van der Waals surface area contributed by atoms with Crippen molar-refractivity contribution in [2.45, 2.75) is 49.7 Å². The molecule has 0 spiro atoms. The minimum Gasteiger partial charge on any atom is -0.619 e. The number of ketones is 1. The Morgan fingerprint density at radius 3 is 2.73 bits per heavy atom. The molecule has 3 aromatic rings. The van der Waals surface area contributed by atoms with Crippen LogP contribution in [0.25, 0.3) is 10.6 Å². The molecule has 5 rings (SSSR count). The van der Waals surface area contributed by atoms with Gasteiger partial charge in [-0.05, 0) is 49.1 Å². The van der Waals surface area contributed by atoms with E-state index in [0.29, 0.717) is 9.79 Å². The smallest absolute Gasteiger partial charge is 0.414 e. The number of ether oxygens (including phenoxy) is 1. The first-order valence-electron chi connectivity index (χ1n) is 13.1. The lowest BCUT2D eigenvalue weighted by Gasteiger charge is -2.28. The maximum atomic E-state index is 13.7. The Bertz CT molecular complexity index is 1560. The van der Waals surface area contributed by atoms with Gasteiger partial charge in [-0.1, -0.05) is 31.3 Å². The number of fused-ring (bicyclic) bond motifs is 1. The normalized spacial score (nSPS) is 19.8. The third-order valence-corrected chi connectivity index (χ3v) is 9.84. The largest absolute Gasteiger partial charge is 0.619 e. The first-order chi connectivity index (χ1) is 19.5. The van der Waals surface area contributed by atoms with Gasteiger partial charge in [-0.25, -0.2) is 13.2 Å². The van der Waals surface area contributed by atoms with E-state index in [4.69, 9.17) is 4.74 Å². The Labute approximate surface area is 241 Å². The molecule has 2 saturated heterocycles. The quantitative estimate of drug-likeness (QED) is 0.306. The van der Waals surface area contributed by atoms with Crippen molar-refractivity contribution in [2.24, 2.45) is 5.92 Å². The molecule has 216 valence electrons. The van der Waals surface area contributed by atoms with E-state index in [9.17, 15) is 28.0 Å². The van der Waals surface area contributed by atoms with Crippen LogP contribution in [0.2, 0.25) is 0 Å². The first-order valence-corrected chi connectivity index (χ1v) is 15.3. The van der Waals surface area contributed by atoms with Crippen molar-refractivity contribution in [3.05, 3.63) is 66.3 Å². The molecular weight excluding hydrogens is 570 g/mol. The summed E-state index contributed by atoms with van der Waals surface area (Å²) in [6, 6.07) is 8.81. The summed E-state index contributed by atoms with van der Waals surface area (Å²) < 4.78 is 33.5. The van der Waals surface area contributed by atoms with Gasteiger partial charge in [-0.15, -0.1) is 0 Å². The number of likely N-dealkylation sites (tertiary alicyclic amines) is 1. The zero-order valence-electron chi connectivity index (χ0n) is 22.4. The van der Waals surface area contributed by atoms with E-state index in [0.717, 1.165) is 27.3 Å². The summed E-state index contributed by atoms with van der Waals surface area (Å²) in [5.41, 5.74) is 0.737. The van der Waals surface area contributed by atoms with Gasteiger partial charge in [0.15, 0.2) is 23.2 Å². The monoisotopic (exact) mass is 599 g/mol. The van der Waals surface area contributed by atoms with Crippen molar-refractivity contribution < 1.29 is 32.3 Å². The SMILES string of the molecule is CC(C)CC(NC(=O)Oc1ccc(-c2ccccn2)s1)C(=O)N1CCC2C1C(=O)CN2S(=O)(=O)c1ccc[n+]([O-])c1. The lowest BCUT2D eigenvalue weighted by Crippen LogP contribution is -2.53. The van der Waals surface area contributed by atoms with Gasteiger partial charge >= 0.3 is 6.09 Å². The van der Waals surface area contributed by atoms with Crippen LogP contribution >= 0.6 is 11.3 Å². The summed E-state index contributed by atoms with van der Waals surface area (Å²) in [6.07, 6.45) is 3.49. The lowest BCUT2D eigenvalue weighted by atomic mass is 10.0. The highest BCUT2D eigenvalue weighted by atomic mass is 32.2. The van der Waals surface area contributed by atoms with Gasteiger partial charge < -0.3 is 20.2 Å². The number of sulfonamides is 1. The summed E-state index contributed by atoms with van der Waals surface area (Å²) >= 11 is 1.23. The molecule has 14 heteroatoms. The second-order valence-corrected chi connectivity index (χ2v) is 13.2. The molecule has 3 atom stereocenters. The van der Waals surface area contributed by atoms with Crippen LogP contribution in [0.1, 0.15) is 26.7 Å². The van der Waals surface area contributed by atoms with Crippen molar-refractivity contribution in [3.8, 4) is 15.6 Å². The van der Waals surface area contributed by atoms with Gasteiger partial charge in [0, 0.05) is 18.8 Å². The van der Waals surface area contributed by atoms with Gasteiger partial charge in [0.25, 0.3) is 0 Å². The minimum absolute atomic E-state index is 0.0215. The number of hydrogen-bond acceptors (Lipinski definition) is 9. The highest BCUT2D eigenvalue weighted by molar-refractivity contribution is 7.89. The topological polar surface area (TPSA) is 153 Å². The average Bonchev–Trinajstić information content (AvgIpc) is 3.65. The Morgan fingerprint density at radius 1 is 1.22 bits per heavy atom. The van der Waals surface area contributed by atoms with Crippen LogP contribution in [-0.4, -0.2) is 71.6 Å². The summed E-state index contributed by atoms with van der Waals surface area (Å²) in [7, 11) is -4.15. The average molecular weight is 600 g/mol. The number of nitrogens with one attached hydrogen (secondary N) is 1. The maximum absolute atomic E-state index is 13.7. The molecule has 0 radical (unpaired) electrons. The highest BCUT2D eigenvalue weighted by Crippen LogP contribution is 2.35. The number of rotatable bonds is 8. The zero-order valence-corrected chi connectivity index (χ0v) is 24.0. The van der Waals surface area contributed by atoms with E-state index >= 15 is 0 Å². The van der Waals surface area contributed by atoms with E-state index in [1.165, 1.54) is 28.4 Å². The minimum atomic E-state index is -4.15. The number of Topliss-reactive ketones (excluding diaryl/α,β-unsaturated/α-hetero) is 1. The van der Waals surface area contributed by atoms with E-state index in [1.54, 1.807) is 24.4 Å². The van der Waals surface area contributed by atoms with Crippen molar-refractivity contribution >= 4 is 39.1 Å². The first kappa shape index (κ1) is 28.6. The van der Waals surface area contributed by atoms with Crippen LogP contribution in [0, 0.1) is 11.1 Å². The Morgan fingerprint density at radius 2 is 2.02 bits per heavy atom. The molecule has 2 amide bonds. The third kappa shape index (κ3) is 5.94. The predicted octanol–water partition coefficient (Wildman–Crippen LogP) is 2.19. The molecule has 0 aliphatic carbocycles. The lowest BCUT2D eigenvalue weighted by molar-refractivity contribution is -0.607. The number of pyridine rings is 2. The van der Waals surface area contributed by atoms with E-state index < -0.39 is 52.5 Å². The molecular formula is C27H29N5O7S2. The molecule has 41 heavy (non-hydrogen) atoms. The fourth-order valence-corrected chi connectivity index (χ4v) is 7.70. The second-order valence-electron chi connectivity index (χ2n) is 10.3. The Kier molecular flexibility index (Phi) is 8.07. The van der Waals surface area contributed by atoms with Gasteiger partial charge in [-0.3, -0.25) is 14.6 Å². The number of aromatic nitrogens is 2. The Balaban J connectivity index is 1.29. The molecule has 3 aromatic heterocycles. The zero-order chi connectivity index (χ0) is 29.3. The van der Waals surface area contributed by atoms with E-state index in [-0.39, 0.29) is 30.2 Å². The molecule has 2 fully saturated rings. The van der Waals surface area contributed by atoms with Gasteiger partial charge in [-0.2, -0.15) is 9.04 Å². The Hall–Kier alpha value is -3.88. The predicted molar refractivity (Wildman–Crippen MR) is 148 cm³/mol. The molecule has 0 aromatic carbocycles. The van der Waals surface area contributed by atoms with Gasteiger partial charge in [0.1, 0.15) is 17.0 Å². The third-order valence-electron chi connectivity index (χ3n) is 7.00. The number of amides is 2. The molecule has 0 saturated carbocycles. The number of thiophene rings is 1. The molecule has 0 bridgehead atoms. The molecule has 12 nitrogen and oxygen atoms in total. The number of nitrogens with zero attached hydrogens (tertiary/aromatic N) is 4. The number of hydrogen-bond donors (Lipinski definition) is 1. The standard InChI is InChI=1S/C27H29N5O7S2/c1-17(2)14-20(29-27(35)39-24-9-8-23(40-24)19-7-3-4-11-28-19)26(34)31-13-10-21-25(31)22(33)16-32(21)41(37,38)18-6-5-12-30(36)15-18/h3-9,11-12,15,17,20-21,25H,10,13-14,16H2,1-2H3,(H,29,35). The number of carbonyl (C=O) groups is 3. The molecule has 2 aliphatic heterocycles. The van der Waals surface area contributed by atoms with Crippen LogP contribution in [0.5, 0.6) is 5.06 Å². The maximum Gasteiger partial charge on any atom is 0.414 e. The van der Waals surface area contributed by atoms with Gasteiger partial charge in [0.2, 0.25) is 15.9 Å². The van der Waals surface area contributed by atoms with Gasteiger partial charge in [0.05, 0.1) is 23.2 Å². The second kappa shape index (κ2) is 11.5. The summed E-state index contributed by atoms with van der Waals surface area (Å²) in [6.45, 7) is 3.54. The van der Waals surface area contributed by atoms with Crippen LogP contribution < -0.4 is 14.8 Å². The van der Waals surface area contributed by atoms with Crippen LogP contribution in [-0.2, 0) is 19.6 Å². The van der Waals surface area contributed by atoms with Crippen LogP contribution in [0.4, 0.5) is 4.79 Å². The van der Waals surface area contributed by atoms with E-state index in [2.05, 4.69) is 10.3 Å². The fourth-order valence-electron chi connectivity index (χ4n) is 5.24. The van der Waals surface area contributed by atoms with Crippen LogP contribution in [0.15, 0.2) is 66.0 Å². The highest BCUT2D eigenvalue weighted by Gasteiger charge is 2.54. The summed E-state index contributed by atoms with van der Waals surface area (Å²) in [5, 5.41) is 14.7. The van der Waals surface area contributed by atoms with Crippen molar-refractivity contribution in [1.82, 2.24) is 19.5 Å². The summed E-state index contributed by atoms with van der Waals surface area (Å²) in [5.74, 6) is -0.872. The molecule has 5 heterocycles. The molecule has 3 unspecified atom stereocenters. The van der Waals surface area contributed by atoms with Crippen molar-refractivity contribution in [3.63, 3.8) is 0 Å². The van der Waals surface area contributed by atoms with Crippen LogP contribution in [0.3, 0.4) is 0 Å². The number of carbonyl (C=O) groups excluding carboxylic acids is 3.